The minimum Gasteiger partial charge on any atom is -0.444 e. The molecular weight excluding hydrogens is 446 g/mol. The average Bonchev–Trinajstić information content (AvgIpc) is 3.08. The summed E-state index contributed by atoms with van der Waals surface area (Å²) in [7, 11) is -2.72. The molecule has 0 spiro atoms. The van der Waals surface area contributed by atoms with Crippen molar-refractivity contribution < 1.29 is 31.5 Å². The molecule has 0 radical (unpaired) electrons. The van der Waals surface area contributed by atoms with Gasteiger partial charge in [0.2, 0.25) is 5.95 Å². The summed E-state index contributed by atoms with van der Waals surface area (Å²) < 4.78 is 68.5. The Bertz CT molecular complexity index is 1090. The lowest BCUT2D eigenvalue weighted by molar-refractivity contribution is 0.0725. The number of carbonyl (C=O) groups is 1. The van der Waals surface area contributed by atoms with Gasteiger partial charge in [-0.25, -0.2) is 18.1 Å². The Balaban J connectivity index is 2.03. The van der Waals surface area contributed by atoms with Crippen molar-refractivity contribution >= 4 is 16.3 Å². The molecular formula is C20H26F2N4O5S. The molecule has 0 saturated carbocycles. The van der Waals surface area contributed by atoms with Crippen LogP contribution in [0.15, 0.2) is 24.5 Å². The summed E-state index contributed by atoms with van der Waals surface area (Å²) in [6.07, 6.45) is 1.47. The Morgan fingerprint density at radius 1 is 1.28 bits per heavy atom. The molecule has 0 bridgehead atoms. The van der Waals surface area contributed by atoms with Gasteiger partial charge >= 0.3 is 16.3 Å². The summed E-state index contributed by atoms with van der Waals surface area (Å²) in [5.41, 5.74) is -1.59. The summed E-state index contributed by atoms with van der Waals surface area (Å²) in [4.78, 5) is 17.1. The van der Waals surface area contributed by atoms with Gasteiger partial charge in [-0.2, -0.15) is 17.1 Å². The van der Waals surface area contributed by atoms with Gasteiger partial charge in [-0.3, -0.25) is 0 Å². The van der Waals surface area contributed by atoms with Gasteiger partial charge < -0.3 is 14.4 Å². The lowest BCUT2D eigenvalue weighted by atomic mass is 10.1. The van der Waals surface area contributed by atoms with Crippen LogP contribution in [0.5, 0.6) is 0 Å². The third kappa shape index (κ3) is 4.76. The van der Waals surface area contributed by atoms with Crippen molar-refractivity contribution in [2.45, 2.75) is 32.9 Å². The van der Waals surface area contributed by atoms with Crippen molar-refractivity contribution in [2.75, 3.05) is 33.4 Å². The highest BCUT2D eigenvalue weighted by Gasteiger charge is 2.33. The monoisotopic (exact) mass is 472 g/mol. The quantitative estimate of drug-likeness (QED) is 0.621. The smallest absolute Gasteiger partial charge is 0.410 e. The minimum absolute atomic E-state index is 0.0673. The molecule has 0 aromatic carbocycles. The number of morpholine rings is 1. The number of rotatable bonds is 5. The van der Waals surface area contributed by atoms with Crippen LogP contribution in [0.1, 0.15) is 26.3 Å². The summed E-state index contributed by atoms with van der Waals surface area (Å²) in [6.45, 7) is 5.35. The number of nitrogens with zero attached hydrogens (tertiary/aromatic N) is 4. The van der Waals surface area contributed by atoms with Crippen molar-refractivity contribution in [3.63, 3.8) is 0 Å². The van der Waals surface area contributed by atoms with E-state index >= 15 is 4.39 Å². The first-order chi connectivity index (χ1) is 14.9. The van der Waals surface area contributed by atoms with Crippen molar-refractivity contribution in [1.29, 1.82) is 0 Å². The van der Waals surface area contributed by atoms with Gasteiger partial charge in [0.25, 0.3) is 0 Å². The van der Waals surface area contributed by atoms with Gasteiger partial charge in [0.1, 0.15) is 12.3 Å². The highest BCUT2D eigenvalue weighted by Crippen LogP contribution is 2.31. The number of aromatic nitrogens is 2. The maximum atomic E-state index is 15.4. The third-order valence-electron chi connectivity index (χ3n) is 5.17. The number of carbonyl (C=O) groups excluding carboxylic acids is 1. The molecule has 32 heavy (non-hydrogen) atoms. The highest BCUT2D eigenvalue weighted by molar-refractivity contribution is 7.87. The second-order valence-electron chi connectivity index (χ2n) is 8.26. The molecule has 1 amide bonds. The molecule has 1 aliphatic heterocycles. The second-order valence-corrected chi connectivity index (χ2v) is 10.1. The number of hydrogen-bond donors (Lipinski definition) is 0. The molecule has 2 aromatic heterocycles. The number of hydrogen-bond acceptors (Lipinski definition) is 6. The first kappa shape index (κ1) is 24.1. The van der Waals surface area contributed by atoms with E-state index in [-0.39, 0.29) is 37.4 Å². The zero-order chi connectivity index (χ0) is 23.7. The van der Waals surface area contributed by atoms with E-state index in [1.54, 1.807) is 20.8 Å². The number of ether oxygens (including phenoxy) is 2. The van der Waals surface area contributed by atoms with E-state index in [0.29, 0.717) is 3.97 Å². The Kier molecular flexibility index (Phi) is 6.86. The summed E-state index contributed by atoms with van der Waals surface area (Å²) >= 11 is 0. The normalized spacial score (nSPS) is 15.6. The Morgan fingerprint density at radius 2 is 1.94 bits per heavy atom. The molecule has 2 aromatic rings. The fourth-order valence-electron chi connectivity index (χ4n) is 3.01. The van der Waals surface area contributed by atoms with E-state index in [2.05, 4.69) is 4.98 Å². The molecule has 0 aliphatic carbocycles. The molecule has 0 atom stereocenters. The molecule has 3 rings (SSSR count). The van der Waals surface area contributed by atoms with Gasteiger partial charge in [-0.15, -0.1) is 0 Å². The number of pyridine rings is 1. The van der Waals surface area contributed by atoms with Crippen LogP contribution in [0.25, 0.3) is 11.3 Å². The van der Waals surface area contributed by atoms with Gasteiger partial charge in [0.15, 0.2) is 5.82 Å². The zero-order valence-corrected chi connectivity index (χ0v) is 19.2. The molecule has 1 aliphatic rings. The molecule has 0 N–H and O–H groups in total. The summed E-state index contributed by atoms with van der Waals surface area (Å²) in [5, 5.41) is 0. The Hall–Kier alpha value is -2.57. The van der Waals surface area contributed by atoms with Crippen molar-refractivity contribution in [3.05, 3.63) is 41.9 Å². The summed E-state index contributed by atoms with van der Waals surface area (Å²) in [6, 6.07) is 2.60. The molecule has 3 heterocycles. The maximum Gasteiger partial charge on any atom is 0.410 e. The molecule has 1 saturated heterocycles. The topological polar surface area (TPSA) is 94.0 Å². The van der Waals surface area contributed by atoms with E-state index < -0.39 is 45.9 Å². The van der Waals surface area contributed by atoms with Crippen molar-refractivity contribution in [1.82, 2.24) is 18.2 Å². The van der Waals surface area contributed by atoms with Crippen molar-refractivity contribution in [2.24, 2.45) is 0 Å². The standard InChI is InChI=1S/C20H26F2N4O5S/c1-20(2,3)24(4)19(27)31-13-14-12-26(32(28,29)25-8-10-30-11-9-25)17(16(14)21)15-6-5-7-23-18(15)22/h5-7,12H,8-11,13H2,1-4H3. The van der Waals surface area contributed by atoms with Crippen LogP contribution in [0.2, 0.25) is 0 Å². The number of amides is 1. The van der Waals surface area contributed by atoms with Gasteiger partial charge in [0, 0.05) is 43.6 Å². The summed E-state index contributed by atoms with van der Waals surface area (Å²) in [5.74, 6) is -2.04. The molecule has 12 heteroatoms. The average molecular weight is 473 g/mol. The third-order valence-corrected chi connectivity index (χ3v) is 6.98. The van der Waals surface area contributed by atoms with Crippen LogP contribution in [0, 0.1) is 11.8 Å². The molecule has 9 nitrogen and oxygen atoms in total. The number of halogens is 2. The zero-order valence-electron chi connectivity index (χ0n) is 18.3. The predicted molar refractivity (Wildman–Crippen MR) is 112 cm³/mol. The fourth-order valence-corrected chi connectivity index (χ4v) is 4.53. The second kappa shape index (κ2) is 9.12. The van der Waals surface area contributed by atoms with Crippen LogP contribution < -0.4 is 0 Å². The van der Waals surface area contributed by atoms with Crippen LogP contribution in [0.4, 0.5) is 13.6 Å². The molecule has 0 unspecified atom stereocenters. The Labute approximate surface area is 185 Å². The van der Waals surface area contributed by atoms with Crippen molar-refractivity contribution in [3.8, 4) is 11.3 Å². The van der Waals surface area contributed by atoms with E-state index in [1.165, 1.54) is 30.3 Å². The Morgan fingerprint density at radius 3 is 2.53 bits per heavy atom. The van der Waals surface area contributed by atoms with Gasteiger partial charge in [-0.1, -0.05) is 0 Å². The highest BCUT2D eigenvalue weighted by atomic mass is 32.2. The molecule has 1 fully saturated rings. The lowest BCUT2D eigenvalue weighted by Crippen LogP contribution is -2.43. The van der Waals surface area contributed by atoms with Crippen LogP contribution >= 0.6 is 0 Å². The van der Waals surface area contributed by atoms with Gasteiger partial charge in [-0.05, 0) is 32.9 Å². The molecule has 176 valence electrons. The fraction of sp³-hybridized carbons (Fsp3) is 0.500. The van der Waals surface area contributed by atoms with E-state index in [0.717, 1.165) is 10.5 Å². The van der Waals surface area contributed by atoms with E-state index in [4.69, 9.17) is 9.47 Å². The van der Waals surface area contributed by atoms with E-state index in [9.17, 15) is 17.6 Å². The van der Waals surface area contributed by atoms with E-state index in [1.807, 2.05) is 0 Å². The first-order valence-corrected chi connectivity index (χ1v) is 11.3. The maximum absolute atomic E-state index is 15.4. The lowest BCUT2D eigenvalue weighted by Gasteiger charge is -2.30. The SMILES string of the molecule is CN(C(=O)OCc1cn(S(=O)(=O)N2CCOCC2)c(-c2cccnc2F)c1F)C(C)(C)C. The van der Waals surface area contributed by atoms with Gasteiger partial charge in [0.05, 0.1) is 18.8 Å². The van der Waals surface area contributed by atoms with Crippen LogP contribution in [-0.2, 0) is 26.3 Å². The first-order valence-electron chi connectivity index (χ1n) is 9.94. The van der Waals surface area contributed by atoms with Crippen LogP contribution in [0.3, 0.4) is 0 Å². The van der Waals surface area contributed by atoms with Crippen LogP contribution in [-0.4, -0.2) is 71.6 Å². The predicted octanol–water partition coefficient (Wildman–Crippen LogP) is 2.62. The minimum atomic E-state index is -4.25. The largest absolute Gasteiger partial charge is 0.444 e.